The lowest BCUT2D eigenvalue weighted by Gasteiger charge is -2.35. The predicted molar refractivity (Wildman–Crippen MR) is 64.9 cm³/mol. The molecule has 1 aromatic carbocycles. The first kappa shape index (κ1) is 10.7. The van der Waals surface area contributed by atoms with E-state index in [1.165, 1.54) is 30.4 Å². The summed E-state index contributed by atoms with van der Waals surface area (Å²) in [6.45, 7) is 2.24. The van der Waals surface area contributed by atoms with Gasteiger partial charge in [-0.15, -0.1) is 0 Å². The van der Waals surface area contributed by atoms with Crippen molar-refractivity contribution in [2.24, 2.45) is 5.73 Å². The van der Waals surface area contributed by atoms with Crippen molar-refractivity contribution in [3.63, 3.8) is 0 Å². The summed E-state index contributed by atoms with van der Waals surface area (Å²) in [6, 6.07) is 8.75. The fourth-order valence-corrected chi connectivity index (χ4v) is 2.57. The van der Waals surface area contributed by atoms with Crippen LogP contribution in [0.15, 0.2) is 24.3 Å². The smallest absolute Gasteiger partial charge is 0.0198 e. The standard InChI is InChI=1S/C14H21N/c1-2-3-9-14(15)10-8-12-6-4-5-7-13(12)11-14/h4-7H,2-3,8-11,15H2,1H3. The highest BCUT2D eigenvalue weighted by Gasteiger charge is 2.29. The lowest BCUT2D eigenvalue weighted by molar-refractivity contribution is 0.336. The molecule has 0 saturated carbocycles. The monoisotopic (exact) mass is 203 g/mol. The van der Waals surface area contributed by atoms with Gasteiger partial charge in [0.05, 0.1) is 0 Å². The zero-order chi connectivity index (χ0) is 10.7. The fraction of sp³-hybridized carbons (Fsp3) is 0.571. The number of hydrogen-bond donors (Lipinski definition) is 1. The van der Waals surface area contributed by atoms with Gasteiger partial charge in [0.2, 0.25) is 0 Å². The van der Waals surface area contributed by atoms with Crippen LogP contribution in [0.1, 0.15) is 43.7 Å². The molecule has 0 bridgehead atoms. The van der Waals surface area contributed by atoms with E-state index in [9.17, 15) is 0 Å². The lowest BCUT2D eigenvalue weighted by atomic mass is 9.76. The molecule has 0 radical (unpaired) electrons. The lowest BCUT2D eigenvalue weighted by Crippen LogP contribution is -2.44. The zero-order valence-corrected chi connectivity index (χ0v) is 9.63. The van der Waals surface area contributed by atoms with Crippen molar-refractivity contribution in [3.8, 4) is 0 Å². The van der Waals surface area contributed by atoms with Gasteiger partial charge < -0.3 is 5.73 Å². The van der Waals surface area contributed by atoms with E-state index in [1.807, 2.05) is 0 Å². The molecule has 0 spiro atoms. The molecule has 2 N–H and O–H groups in total. The van der Waals surface area contributed by atoms with E-state index >= 15 is 0 Å². The van der Waals surface area contributed by atoms with Crippen molar-refractivity contribution >= 4 is 0 Å². The van der Waals surface area contributed by atoms with Crippen molar-refractivity contribution in [1.29, 1.82) is 0 Å². The topological polar surface area (TPSA) is 26.0 Å². The molecule has 1 aliphatic rings. The van der Waals surface area contributed by atoms with E-state index in [2.05, 4.69) is 31.2 Å². The highest BCUT2D eigenvalue weighted by atomic mass is 14.7. The van der Waals surface area contributed by atoms with Gasteiger partial charge in [-0.3, -0.25) is 0 Å². The van der Waals surface area contributed by atoms with Crippen LogP contribution < -0.4 is 5.73 Å². The van der Waals surface area contributed by atoms with E-state index in [0.717, 1.165) is 19.3 Å². The highest BCUT2D eigenvalue weighted by molar-refractivity contribution is 5.31. The van der Waals surface area contributed by atoms with E-state index in [1.54, 1.807) is 0 Å². The second kappa shape index (κ2) is 4.36. The summed E-state index contributed by atoms with van der Waals surface area (Å²) in [7, 11) is 0. The summed E-state index contributed by atoms with van der Waals surface area (Å²) in [5.74, 6) is 0. The molecule has 1 aromatic rings. The Morgan fingerprint density at radius 1 is 1.27 bits per heavy atom. The first-order valence-corrected chi connectivity index (χ1v) is 6.09. The van der Waals surface area contributed by atoms with Gasteiger partial charge in [0, 0.05) is 5.54 Å². The number of benzene rings is 1. The van der Waals surface area contributed by atoms with Crippen molar-refractivity contribution in [2.75, 3.05) is 0 Å². The van der Waals surface area contributed by atoms with Crippen LogP contribution in [0.2, 0.25) is 0 Å². The molecule has 0 heterocycles. The van der Waals surface area contributed by atoms with Gasteiger partial charge in [0.25, 0.3) is 0 Å². The molecule has 0 amide bonds. The van der Waals surface area contributed by atoms with Crippen LogP contribution in [0, 0.1) is 0 Å². The van der Waals surface area contributed by atoms with Crippen molar-refractivity contribution in [1.82, 2.24) is 0 Å². The van der Waals surface area contributed by atoms with Crippen LogP contribution in [0.4, 0.5) is 0 Å². The maximum atomic E-state index is 6.46. The Bertz CT molecular complexity index is 332. The Morgan fingerprint density at radius 2 is 2.00 bits per heavy atom. The summed E-state index contributed by atoms with van der Waals surface area (Å²) < 4.78 is 0. The summed E-state index contributed by atoms with van der Waals surface area (Å²) in [4.78, 5) is 0. The third kappa shape index (κ3) is 2.40. The molecule has 1 atom stereocenters. The third-order valence-corrected chi connectivity index (χ3v) is 3.58. The molecule has 1 heteroatoms. The van der Waals surface area contributed by atoms with Gasteiger partial charge in [0.15, 0.2) is 0 Å². The van der Waals surface area contributed by atoms with Crippen molar-refractivity contribution in [3.05, 3.63) is 35.4 Å². The van der Waals surface area contributed by atoms with Crippen LogP contribution in [-0.4, -0.2) is 5.54 Å². The van der Waals surface area contributed by atoms with Crippen LogP contribution in [-0.2, 0) is 12.8 Å². The van der Waals surface area contributed by atoms with E-state index in [0.29, 0.717) is 0 Å². The second-order valence-corrected chi connectivity index (χ2v) is 4.91. The summed E-state index contributed by atoms with van der Waals surface area (Å²) in [5, 5.41) is 0. The first-order valence-electron chi connectivity index (χ1n) is 6.09. The summed E-state index contributed by atoms with van der Waals surface area (Å²) >= 11 is 0. The fourth-order valence-electron chi connectivity index (χ4n) is 2.57. The maximum absolute atomic E-state index is 6.46. The molecule has 1 nitrogen and oxygen atoms in total. The summed E-state index contributed by atoms with van der Waals surface area (Å²) in [5.41, 5.74) is 9.52. The Balaban J connectivity index is 2.10. The number of fused-ring (bicyclic) bond motifs is 1. The third-order valence-electron chi connectivity index (χ3n) is 3.58. The Labute approximate surface area is 92.7 Å². The maximum Gasteiger partial charge on any atom is 0.0198 e. The number of unbranched alkanes of at least 4 members (excludes halogenated alkanes) is 1. The average Bonchev–Trinajstić information content (AvgIpc) is 2.26. The van der Waals surface area contributed by atoms with Gasteiger partial charge in [-0.2, -0.15) is 0 Å². The van der Waals surface area contributed by atoms with E-state index < -0.39 is 0 Å². The normalized spacial score (nSPS) is 24.9. The minimum Gasteiger partial charge on any atom is -0.325 e. The SMILES string of the molecule is CCCCC1(N)CCc2ccccc2C1. The molecule has 1 aliphatic carbocycles. The van der Waals surface area contributed by atoms with Gasteiger partial charge in [-0.25, -0.2) is 0 Å². The minimum atomic E-state index is 0.0738. The molecule has 0 fully saturated rings. The largest absolute Gasteiger partial charge is 0.325 e. The zero-order valence-electron chi connectivity index (χ0n) is 9.63. The van der Waals surface area contributed by atoms with Crippen LogP contribution in [0.3, 0.4) is 0 Å². The molecule has 0 aromatic heterocycles. The van der Waals surface area contributed by atoms with Gasteiger partial charge in [0.1, 0.15) is 0 Å². The molecular weight excluding hydrogens is 182 g/mol. The summed E-state index contributed by atoms with van der Waals surface area (Å²) in [6.07, 6.45) is 7.08. The number of aryl methyl sites for hydroxylation is 1. The molecule has 2 rings (SSSR count). The molecule has 0 aliphatic heterocycles. The van der Waals surface area contributed by atoms with Crippen LogP contribution >= 0.6 is 0 Å². The Kier molecular flexibility index (Phi) is 3.11. The van der Waals surface area contributed by atoms with Crippen molar-refractivity contribution < 1.29 is 0 Å². The Morgan fingerprint density at radius 3 is 2.73 bits per heavy atom. The molecule has 15 heavy (non-hydrogen) atoms. The number of hydrogen-bond acceptors (Lipinski definition) is 1. The second-order valence-electron chi connectivity index (χ2n) is 4.91. The molecule has 0 saturated heterocycles. The van der Waals surface area contributed by atoms with Gasteiger partial charge in [-0.05, 0) is 36.8 Å². The molecule has 82 valence electrons. The Hall–Kier alpha value is -0.820. The van der Waals surface area contributed by atoms with E-state index in [4.69, 9.17) is 5.73 Å². The molecule has 1 unspecified atom stereocenters. The quantitative estimate of drug-likeness (QED) is 0.802. The molecular formula is C14H21N. The number of nitrogens with two attached hydrogens (primary N) is 1. The minimum absolute atomic E-state index is 0.0738. The highest BCUT2D eigenvalue weighted by Crippen LogP contribution is 2.30. The van der Waals surface area contributed by atoms with Gasteiger partial charge in [-0.1, -0.05) is 44.0 Å². The van der Waals surface area contributed by atoms with Crippen LogP contribution in [0.5, 0.6) is 0 Å². The first-order chi connectivity index (χ1) is 7.23. The van der Waals surface area contributed by atoms with E-state index in [-0.39, 0.29) is 5.54 Å². The number of rotatable bonds is 3. The average molecular weight is 203 g/mol. The van der Waals surface area contributed by atoms with Crippen molar-refractivity contribution in [2.45, 2.75) is 51.0 Å². The van der Waals surface area contributed by atoms with Crippen LogP contribution in [0.25, 0.3) is 0 Å². The predicted octanol–water partition coefficient (Wildman–Crippen LogP) is 3.06. The van der Waals surface area contributed by atoms with Gasteiger partial charge >= 0.3 is 0 Å².